The maximum absolute atomic E-state index is 12.9. The third kappa shape index (κ3) is 3.83. The summed E-state index contributed by atoms with van der Waals surface area (Å²) in [7, 11) is 2.08. The van der Waals surface area contributed by atoms with Gasteiger partial charge in [0.1, 0.15) is 0 Å². The van der Waals surface area contributed by atoms with E-state index >= 15 is 0 Å². The van der Waals surface area contributed by atoms with E-state index in [-0.39, 0.29) is 5.91 Å². The lowest BCUT2D eigenvalue weighted by Crippen LogP contribution is -2.39. The molecule has 0 fully saturated rings. The quantitative estimate of drug-likeness (QED) is 0.702. The monoisotopic (exact) mass is 358 g/mol. The van der Waals surface area contributed by atoms with E-state index in [0.29, 0.717) is 5.56 Å². The fraction of sp³-hybridized carbons (Fsp3) is 0.182. The van der Waals surface area contributed by atoms with Crippen LogP contribution in [0.3, 0.4) is 0 Å². The zero-order valence-electron chi connectivity index (χ0n) is 15.3. The molecule has 4 rings (SSSR count). The highest BCUT2D eigenvalue weighted by Gasteiger charge is 2.15. The van der Waals surface area contributed by atoms with Crippen LogP contribution in [0.25, 0.3) is 22.2 Å². The Kier molecular flexibility index (Phi) is 4.85. The summed E-state index contributed by atoms with van der Waals surface area (Å²) in [5, 5.41) is 0.842. The van der Waals surface area contributed by atoms with Crippen LogP contribution < -0.4 is 10.9 Å². The molecule has 1 aliphatic rings. The second-order valence-corrected chi connectivity index (χ2v) is 6.76. The number of carbonyl (C=O) groups excluding carboxylic acids is 1. The van der Waals surface area contributed by atoms with Crippen LogP contribution >= 0.6 is 0 Å². The highest BCUT2D eigenvalue weighted by Crippen LogP contribution is 2.24. The van der Waals surface area contributed by atoms with E-state index in [9.17, 15) is 4.79 Å². The molecule has 0 saturated carbocycles. The van der Waals surface area contributed by atoms with E-state index in [1.165, 1.54) is 0 Å². The summed E-state index contributed by atoms with van der Waals surface area (Å²) in [5.74, 6) is -0.161. The first-order chi connectivity index (χ1) is 13.2. The third-order valence-corrected chi connectivity index (χ3v) is 4.78. The molecule has 1 amide bonds. The number of likely N-dealkylation sites (N-methyl/N-ethyl adjacent to an activating group) is 1. The van der Waals surface area contributed by atoms with Crippen LogP contribution in [-0.4, -0.2) is 35.9 Å². The first-order valence-corrected chi connectivity index (χ1v) is 9.10. The minimum absolute atomic E-state index is 0.161. The van der Waals surface area contributed by atoms with Gasteiger partial charge in [0.15, 0.2) is 0 Å². The summed E-state index contributed by atoms with van der Waals surface area (Å²) in [4.78, 5) is 19.9. The smallest absolute Gasteiger partial charge is 0.270 e. The van der Waals surface area contributed by atoms with Crippen molar-refractivity contribution >= 4 is 16.8 Å². The molecule has 0 unspecified atom stereocenters. The first kappa shape index (κ1) is 17.2. The average molecular weight is 358 g/mol. The summed E-state index contributed by atoms with van der Waals surface area (Å²) in [5.41, 5.74) is 10.2. The number of fused-ring (bicyclic) bond motifs is 1. The van der Waals surface area contributed by atoms with Gasteiger partial charge in [-0.1, -0.05) is 48.5 Å². The van der Waals surface area contributed by atoms with Crippen molar-refractivity contribution in [1.82, 2.24) is 20.7 Å². The van der Waals surface area contributed by atoms with Gasteiger partial charge in [-0.05, 0) is 25.3 Å². The zero-order chi connectivity index (χ0) is 18.6. The Morgan fingerprint density at radius 3 is 2.63 bits per heavy atom. The predicted octanol–water partition coefficient (Wildman–Crippen LogP) is 3.36. The van der Waals surface area contributed by atoms with Crippen molar-refractivity contribution in [3.8, 4) is 11.3 Å². The number of amides is 1. The van der Waals surface area contributed by atoms with Gasteiger partial charge in [-0.25, -0.2) is 4.98 Å². The Balaban J connectivity index is 1.64. The largest absolute Gasteiger partial charge is 0.303 e. The minimum Gasteiger partial charge on any atom is -0.303 e. The Labute approximate surface area is 158 Å². The molecule has 5 nitrogen and oxygen atoms in total. The maximum Gasteiger partial charge on any atom is 0.270 e. The first-order valence-electron chi connectivity index (χ1n) is 9.10. The molecule has 0 radical (unpaired) electrons. The lowest BCUT2D eigenvalue weighted by atomic mass is 10.0. The van der Waals surface area contributed by atoms with Gasteiger partial charge in [0.2, 0.25) is 0 Å². The SMILES string of the molecule is CN1CC=C(NNC(=O)c2cc(-c3ccccc3)nc3ccccc23)CC1. The molecule has 0 saturated heterocycles. The second kappa shape index (κ2) is 7.60. The molecule has 3 aromatic rings. The molecule has 0 atom stereocenters. The number of hydrogen-bond donors (Lipinski definition) is 2. The van der Waals surface area contributed by atoms with Crippen LogP contribution in [0.5, 0.6) is 0 Å². The zero-order valence-corrected chi connectivity index (χ0v) is 15.3. The van der Waals surface area contributed by atoms with Gasteiger partial charge in [-0.15, -0.1) is 0 Å². The van der Waals surface area contributed by atoms with Gasteiger partial charge in [-0.3, -0.25) is 10.2 Å². The van der Waals surface area contributed by atoms with Crippen molar-refractivity contribution in [3.05, 3.63) is 78.0 Å². The topological polar surface area (TPSA) is 57.3 Å². The molecule has 1 aromatic heterocycles. The standard InChI is InChI=1S/C22H22N4O/c1-26-13-11-17(12-14-26)24-25-22(27)19-15-21(16-7-3-2-4-8-16)23-20-10-6-5-9-18(19)20/h2-11,15,24H,12-14H2,1H3,(H,25,27). The molecule has 27 heavy (non-hydrogen) atoms. The summed E-state index contributed by atoms with van der Waals surface area (Å²) >= 11 is 0. The molecule has 0 aliphatic carbocycles. The second-order valence-electron chi connectivity index (χ2n) is 6.76. The maximum atomic E-state index is 12.9. The number of nitrogens with one attached hydrogen (secondary N) is 2. The average Bonchev–Trinajstić information content (AvgIpc) is 2.73. The Hall–Kier alpha value is -3.18. The van der Waals surface area contributed by atoms with Crippen molar-refractivity contribution in [2.75, 3.05) is 20.1 Å². The molecule has 136 valence electrons. The minimum atomic E-state index is -0.161. The van der Waals surface area contributed by atoms with Gasteiger partial charge >= 0.3 is 0 Å². The number of aromatic nitrogens is 1. The highest BCUT2D eigenvalue weighted by molar-refractivity contribution is 6.07. The fourth-order valence-corrected chi connectivity index (χ4v) is 3.21. The highest BCUT2D eigenvalue weighted by atomic mass is 16.2. The number of nitrogens with zero attached hydrogens (tertiary/aromatic N) is 2. The van der Waals surface area contributed by atoms with Crippen molar-refractivity contribution in [3.63, 3.8) is 0 Å². The molecular weight excluding hydrogens is 336 g/mol. The van der Waals surface area contributed by atoms with E-state index in [2.05, 4.69) is 28.9 Å². The van der Waals surface area contributed by atoms with Crippen molar-refractivity contribution < 1.29 is 4.79 Å². The molecule has 1 aliphatic heterocycles. The Bertz CT molecular complexity index is 998. The number of benzene rings is 2. The van der Waals surface area contributed by atoms with E-state index < -0.39 is 0 Å². The molecular formula is C22H22N4O. The van der Waals surface area contributed by atoms with Gasteiger partial charge < -0.3 is 10.3 Å². The molecule has 0 spiro atoms. The molecule has 2 N–H and O–H groups in total. The van der Waals surface area contributed by atoms with Gasteiger partial charge in [0.25, 0.3) is 5.91 Å². The van der Waals surface area contributed by atoms with E-state index in [0.717, 1.165) is 47.4 Å². The lowest BCUT2D eigenvalue weighted by molar-refractivity contribution is 0.0939. The molecule has 2 aromatic carbocycles. The summed E-state index contributed by atoms with van der Waals surface area (Å²) < 4.78 is 0. The lowest BCUT2D eigenvalue weighted by Gasteiger charge is -2.23. The normalized spacial score (nSPS) is 14.6. The predicted molar refractivity (Wildman–Crippen MR) is 108 cm³/mol. The van der Waals surface area contributed by atoms with Crippen molar-refractivity contribution in [2.45, 2.75) is 6.42 Å². The molecule has 2 heterocycles. The number of hydrazine groups is 1. The number of para-hydroxylation sites is 1. The summed E-state index contributed by atoms with van der Waals surface area (Å²) in [6, 6.07) is 19.5. The van der Waals surface area contributed by atoms with Crippen molar-refractivity contribution in [2.24, 2.45) is 0 Å². The van der Waals surface area contributed by atoms with E-state index in [1.807, 2.05) is 60.7 Å². The third-order valence-electron chi connectivity index (χ3n) is 4.78. The number of pyridine rings is 1. The van der Waals surface area contributed by atoms with Crippen molar-refractivity contribution in [1.29, 1.82) is 0 Å². The van der Waals surface area contributed by atoms with Crippen LogP contribution in [0.15, 0.2) is 72.4 Å². The number of hydrogen-bond acceptors (Lipinski definition) is 4. The Morgan fingerprint density at radius 1 is 1.07 bits per heavy atom. The van der Waals surface area contributed by atoms with Crippen LogP contribution in [0.4, 0.5) is 0 Å². The van der Waals surface area contributed by atoms with E-state index in [4.69, 9.17) is 4.98 Å². The molecule has 5 heteroatoms. The summed E-state index contributed by atoms with van der Waals surface area (Å²) in [6.07, 6.45) is 2.99. The van der Waals surface area contributed by atoms with Crippen LogP contribution in [0.1, 0.15) is 16.8 Å². The van der Waals surface area contributed by atoms with Crippen LogP contribution in [0, 0.1) is 0 Å². The van der Waals surface area contributed by atoms with Gasteiger partial charge in [0.05, 0.1) is 16.8 Å². The summed E-state index contributed by atoms with van der Waals surface area (Å²) in [6.45, 7) is 1.86. The van der Waals surface area contributed by atoms with Gasteiger partial charge in [0, 0.05) is 36.2 Å². The number of rotatable bonds is 4. The van der Waals surface area contributed by atoms with Crippen LogP contribution in [0.2, 0.25) is 0 Å². The van der Waals surface area contributed by atoms with Gasteiger partial charge in [-0.2, -0.15) is 0 Å². The fourth-order valence-electron chi connectivity index (χ4n) is 3.21. The van der Waals surface area contributed by atoms with Crippen LogP contribution in [-0.2, 0) is 0 Å². The Morgan fingerprint density at radius 2 is 1.85 bits per heavy atom. The number of carbonyl (C=O) groups is 1. The van der Waals surface area contributed by atoms with E-state index in [1.54, 1.807) is 0 Å². The molecule has 0 bridgehead atoms.